The van der Waals surface area contributed by atoms with E-state index in [2.05, 4.69) is 11.1 Å². The molecule has 0 fully saturated rings. The molecule has 0 bridgehead atoms. The summed E-state index contributed by atoms with van der Waals surface area (Å²) in [4.78, 5) is 0. The van der Waals surface area contributed by atoms with Gasteiger partial charge in [-0.15, -0.1) is 0 Å². The number of hydrazone groups is 1. The Balaban J connectivity index is 1.57. The van der Waals surface area contributed by atoms with Crippen molar-refractivity contribution in [1.29, 1.82) is 0 Å². The summed E-state index contributed by atoms with van der Waals surface area (Å²) in [5.41, 5.74) is 4.18. The minimum atomic E-state index is -0.365. The van der Waals surface area contributed by atoms with Gasteiger partial charge in [0, 0.05) is 17.5 Å². The predicted molar refractivity (Wildman–Crippen MR) is 118 cm³/mol. The molecule has 0 radical (unpaired) electrons. The van der Waals surface area contributed by atoms with Crippen LogP contribution >= 0.6 is 0 Å². The highest BCUT2D eigenvalue weighted by Crippen LogP contribution is 2.50. The average molecular weight is 416 g/mol. The van der Waals surface area contributed by atoms with Gasteiger partial charge in [0.15, 0.2) is 11.5 Å². The van der Waals surface area contributed by atoms with E-state index in [0.29, 0.717) is 0 Å². The molecule has 0 aliphatic carbocycles. The van der Waals surface area contributed by atoms with E-state index >= 15 is 0 Å². The molecular weight excluding hydrogens is 392 g/mol. The number of methoxy groups -OCH3 is 3. The summed E-state index contributed by atoms with van der Waals surface area (Å²) in [6.45, 7) is 0. The number of para-hydroxylation sites is 1. The number of benzene rings is 3. The van der Waals surface area contributed by atoms with Crippen LogP contribution in [0.4, 0.5) is 0 Å². The normalized spacial score (nSPS) is 19.1. The van der Waals surface area contributed by atoms with E-state index in [4.69, 9.17) is 24.0 Å². The van der Waals surface area contributed by atoms with Gasteiger partial charge < -0.3 is 18.9 Å². The third-order valence-corrected chi connectivity index (χ3v) is 5.82. The lowest BCUT2D eigenvalue weighted by Crippen LogP contribution is -2.33. The van der Waals surface area contributed by atoms with Crippen molar-refractivity contribution in [3.05, 3.63) is 83.4 Å². The summed E-state index contributed by atoms with van der Waals surface area (Å²) in [5, 5.41) is 7.06. The molecule has 3 aromatic carbocycles. The third-order valence-electron chi connectivity index (χ3n) is 5.82. The summed E-state index contributed by atoms with van der Waals surface area (Å²) >= 11 is 0. The number of rotatable bonds is 5. The summed E-state index contributed by atoms with van der Waals surface area (Å²) in [6, 6.07) is 22.0. The number of fused-ring (bicyclic) bond motifs is 3. The Hall–Kier alpha value is -3.67. The first-order valence-electron chi connectivity index (χ1n) is 10.2. The molecule has 3 aromatic rings. The Bertz CT molecular complexity index is 1110. The molecule has 0 saturated carbocycles. The molecular formula is C25H24N2O4. The van der Waals surface area contributed by atoms with Gasteiger partial charge in [-0.1, -0.05) is 12.1 Å². The van der Waals surface area contributed by atoms with Gasteiger partial charge in [-0.3, -0.25) is 0 Å². The van der Waals surface area contributed by atoms with Crippen molar-refractivity contribution < 1.29 is 18.9 Å². The van der Waals surface area contributed by atoms with Crippen LogP contribution in [-0.2, 0) is 0 Å². The van der Waals surface area contributed by atoms with Crippen LogP contribution in [0.2, 0.25) is 0 Å². The standard InChI is InChI=1S/C25H24N2O4/c1-28-18-11-7-16(8-12-18)21-15-22-20-5-4-6-23(30-3)24(20)31-25(27(22)26-21)17-9-13-19(29-2)14-10-17/h4-14,22,25H,15H2,1-3H3/t22-,25+/m0/s1. The molecule has 0 aromatic heterocycles. The van der Waals surface area contributed by atoms with Gasteiger partial charge in [-0.25, -0.2) is 5.01 Å². The highest BCUT2D eigenvalue weighted by Gasteiger charge is 2.42. The molecule has 0 N–H and O–H groups in total. The number of hydrogen-bond acceptors (Lipinski definition) is 6. The fraction of sp³-hybridized carbons (Fsp3) is 0.240. The van der Waals surface area contributed by atoms with E-state index in [1.807, 2.05) is 60.7 Å². The van der Waals surface area contributed by atoms with Crippen molar-refractivity contribution in [1.82, 2.24) is 5.01 Å². The number of ether oxygens (including phenoxy) is 4. The predicted octanol–water partition coefficient (Wildman–Crippen LogP) is 4.95. The van der Waals surface area contributed by atoms with E-state index < -0.39 is 0 Å². The minimum absolute atomic E-state index is 0.0584. The molecule has 5 rings (SSSR count). The largest absolute Gasteiger partial charge is 0.497 e. The van der Waals surface area contributed by atoms with Crippen LogP contribution in [-0.4, -0.2) is 32.0 Å². The summed E-state index contributed by atoms with van der Waals surface area (Å²) < 4.78 is 22.7. The summed E-state index contributed by atoms with van der Waals surface area (Å²) in [7, 11) is 5.00. The number of nitrogens with zero attached hydrogens (tertiary/aromatic N) is 2. The van der Waals surface area contributed by atoms with Crippen LogP contribution in [0, 0.1) is 0 Å². The van der Waals surface area contributed by atoms with Crippen LogP contribution in [0.3, 0.4) is 0 Å². The number of hydrogen-bond donors (Lipinski definition) is 0. The van der Waals surface area contributed by atoms with Crippen molar-refractivity contribution in [2.75, 3.05) is 21.3 Å². The molecule has 0 saturated heterocycles. The van der Waals surface area contributed by atoms with Crippen LogP contribution < -0.4 is 18.9 Å². The Morgan fingerprint density at radius 3 is 2.16 bits per heavy atom. The van der Waals surface area contributed by atoms with Crippen molar-refractivity contribution in [2.24, 2.45) is 5.10 Å². The first-order valence-corrected chi connectivity index (χ1v) is 10.2. The summed E-state index contributed by atoms with van der Waals surface area (Å²) in [5.74, 6) is 3.14. The van der Waals surface area contributed by atoms with Gasteiger partial charge in [0.25, 0.3) is 0 Å². The Labute approximate surface area is 181 Å². The molecule has 2 atom stereocenters. The Morgan fingerprint density at radius 1 is 0.839 bits per heavy atom. The third kappa shape index (κ3) is 3.34. The Kier molecular flexibility index (Phi) is 4.90. The van der Waals surface area contributed by atoms with Gasteiger partial charge >= 0.3 is 0 Å². The van der Waals surface area contributed by atoms with Crippen molar-refractivity contribution in [2.45, 2.75) is 18.7 Å². The topological polar surface area (TPSA) is 52.5 Å². The van der Waals surface area contributed by atoms with E-state index in [1.54, 1.807) is 21.3 Å². The minimum Gasteiger partial charge on any atom is -0.497 e. The van der Waals surface area contributed by atoms with Gasteiger partial charge in [-0.2, -0.15) is 5.10 Å². The monoisotopic (exact) mass is 416 g/mol. The molecule has 0 unspecified atom stereocenters. The lowest BCUT2D eigenvalue weighted by molar-refractivity contribution is -0.0209. The van der Waals surface area contributed by atoms with Crippen LogP contribution in [0.1, 0.15) is 35.4 Å². The van der Waals surface area contributed by atoms with Crippen LogP contribution in [0.5, 0.6) is 23.0 Å². The highest BCUT2D eigenvalue weighted by molar-refractivity contribution is 6.02. The first kappa shape index (κ1) is 19.3. The molecule has 6 nitrogen and oxygen atoms in total. The lowest BCUT2D eigenvalue weighted by atomic mass is 9.95. The van der Waals surface area contributed by atoms with Gasteiger partial charge in [0.05, 0.1) is 33.1 Å². The SMILES string of the molecule is COc1ccc(C2=NN3[C@@H](c4ccc(OC)cc4)Oc4c(OC)cccc4[C@@H]3C2)cc1. The maximum absolute atomic E-state index is 6.48. The molecule has 158 valence electrons. The second-order valence-electron chi connectivity index (χ2n) is 7.50. The maximum atomic E-state index is 6.48. The smallest absolute Gasteiger partial charge is 0.214 e. The van der Waals surface area contributed by atoms with E-state index in [9.17, 15) is 0 Å². The van der Waals surface area contributed by atoms with E-state index in [-0.39, 0.29) is 12.3 Å². The van der Waals surface area contributed by atoms with Crippen LogP contribution in [0.15, 0.2) is 71.8 Å². The molecule has 31 heavy (non-hydrogen) atoms. The molecule has 2 aliphatic rings. The first-order chi connectivity index (χ1) is 15.2. The molecule has 0 amide bonds. The quantitative estimate of drug-likeness (QED) is 0.589. The van der Waals surface area contributed by atoms with Gasteiger partial charge in [0.1, 0.15) is 11.5 Å². The highest BCUT2D eigenvalue weighted by atomic mass is 16.5. The fourth-order valence-corrected chi connectivity index (χ4v) is 4.19. The zero-order chi connectivity index (χ0) is 21.4. The second kappa shape index (κ2) is 7.87. The van der Waals surface area contributed by atoms with Gasteiger partial charge in [-0.05, 0) is 60.2 Å². The molecule has 2 aliphatic heterocycles. The average Bonchev–Trinajstić information content (AvgIpc) is 3.29. The van der Waals surface area contributed by atoms with E-state index in [1.165, 1.54) is 0 Å². The van der Waals surface area contributed by atoms with Crippen molar-refractivity contribution >= 4 is 5.71 Å². The maximum Gasteiger partial charge on any atom is 0.214 e. The van der Waals surface area contributed by atoms with Crippen LogP contribution in [0.25, 0.3) is 0 Å². The van der Waals surface area contributed by atoms with Crippen molar-refractivity contribution in [3.8, 4) is 23.0 Å². The zero-order valence-corrected chi connectivity index (χ0v) is 17.7. The summed E-state index contributed by atoms with van der Waals surface area (Å²) in [6.07, 6.45) is 0.415. The van der Waals surface area contributed by atoms with Gasteiger partial charge in [0.2, 0.25) is 6.23 Å². The second-order valence-corrected chi connectivity index (χ2v) is 7.50. The zero-order valence-electron chi connectivity index (χ0n) is 17.7. The van der Waals surface area contributed by atoms with E-state index in [0.717, 1.165) is 51.8 Å². The fourth-order valence-electron chi connectivity index (χ4n) is 4.19. The molecule has 2 heterocycles. The molecule has 6 heteroatoms. The molecule has 0 spiro atoms. The van der Waals surface area contributed by atoms with Crippen molar-refractivity contribution in [3.63, 3.8) is 0 Å². The Morgan fingerprint density at radius 2 is 1.52 bits per heavy atom. The lowest BCUT2D eigenvalue weighted by Gasteiger charge is -2.38.